The van der Waals surface area contributed by atoms with E-state index >= 15 is 0 Å². The Labute approximate surface area is 272 Å². The van der Waals surface area contributed by atoms with Crippen molar-refractivity contribution in [2.75, 3.05) is 45.9 Å². The lowest BCUT2D eigenvalue weighted by atomic mass is 9.68. The number of rotatable bonds is 14. The zero-order valence-corrected chi connectivity index (χ0v) is 26.9. The number of aliphatic imine (C=N–C) groups is 1. The third-order valence-corrected chi connectivity index (χ3v) is 9.53. The van der Waals surface area contributed by atoms with E-state index in [9.17, 15) is 14.0 Å². The van der Waals surface area contributed by atoms with E-state index < -0.39 is 11.8 Å². The van der Waals surface area contributed by atoms with Crippen LogP contribution in [0.25, 0.3) is 0 Å². The number of carbonyl (C=O) groups excluding carboxylic acids is 2. The molecular weight excluding hydrogens is 579 g/mol. The Balaban J connectivity index is 1.35. The Bertz CT molecular complexity index is 1480. The number of likely N-dealkylation sites (tertiary alicyclic amines) is 1. The number of hydrogen-bond acceptors (Lipinski definition) is 6. The molecule has 2 aliphatic heterocycles. The zero-order chi connectivity index (χ0) is 32.5. The highest BCUT2D eigenvalue weighted by molar-refractivity contribution is 6.05. The summed E-state index contributed by atoms with van der Waals surface area (Å²) in [5.41, 5.74) is 11.0. The molecule has 0 aromatic heterocycles. The summed E-state index contributed by atoms with van der Waals surface area (Å²) in [5.74, 6) is -1.50. The first-order valence-corrected chi connectivity index (χ1v) is 16.2. The molecule has 0 bridgehead atoms. The first-order valence-electron chi connectivity index (χ1n) is 16.2. The highest BCUT2D eigenvalue weighted by Crippen LogP contribution is 2.43. The first-order chi connectivity index (χ1) is 22.4. The molecule has 2 unspecified atom stereocenters. The fraction of sp³-hybridized carbons (Fsp3) is 0.395. The molecule has 1 saturated heterocycles. The Hall–Kier alpha value is -3.98. The van der Waals surface area contributed by atoms with Crippen molar-refractivity contribution >= 4 is 17.9 Å². The molecule has 1 fully saturated rings. The number of nitrogens with two attached hydrogens (primary N) is 1. The van der Waals surface area contributed by atoms with Crippen molar-refractivity contribution in [1.29, 1.82) is 0 Å². The maximum atomic E-state index is 14.0. The van der Waals surface area contributed by atoms with Gasteiger partial charge in [-0.1, -0.05) is 72.8 Å². The number of allylic oxidation sites excluding steroid dienone is 1. The van der Waals surface area contributed by atoms with Crippen molar-refractivity contribution in [3.63, 3.8) is 0 Å². The SMILES string of the molecule is CC(=O)C1C(C)=NC(COCCN)=C(N(C=O)CCCN2CCC(c3ccccc3)(c3ccccc3)CC2)C1c1ccc(F)cc1. The summed E-state index contributed by atoms with van der Waals surface area (Å²) >= 11 is 0. The number of amides is 1. The summed E-state index contributed by atoms with van der Waals surface area (Å²) in [7, 11) is 0. The second-order valence-corrected chi connectivity index (χ2v) is 12.4. The van der Waals surface area contributed by atoms with Crippen LogP contribution in [0.3, 0.4) is 0 Å². The number of hydrogen-bond donors (Lipinski definition) is 1. The summed E-state index contributed by atoms with van der Waals surface area (Å²) in [6.45, 7) is 7.39. The average Bonchev–Trinajstić information content (AvgIpc) is 3.08. The molecule has 2 N–H and O–H groups in total. The Morgan fingerprint density at radius 2 is 1.63 bits per heavy atom. The van der Waals surface area contributed by atoms with Crippen LogP contribution in [0.4, 0.5) is 4.39 Å². The van der Waals surface area contributed by atoms with Gasteiger partial charge in [0.05, 0.1) is 30.5 Å². The molecule has 1 amide bonds. The minimum absolute atomic E-state index is 0.0286. The van der Waals surface area contributed by atoms with Gasteiger partial charge in [-0.25, -0.2) is 4.39 Å². The van der Waals surface area contributed by atoms with Crippen molar-refractivity contribution in [2.45, 2.75) is 44.4 Å². The van der Waals surface area contributed by atoms with Crippen molar-refractivity contribution in [3.05, 3.63) is 119 Å². The van der Waals surface area contributed by atoms with Crippen molar-refractivity contribution in [2.24, 2.45) is 16.6 Å². The predicted octanol–water partition coefficient (Wildman–Crippen LogP) is 5.71. The second kappa shape index (κ2) is 15.5. The number of ketones is 1. The third kappa shape index (κ3) is 7.35. The van der Waals surface area contributed by atoms with E-state index in [0.717, 1.165) is 50.9 Å². The van der Waals surface area contributed by atoms with E-state index in [2.05, 4.69) is 65.6 Å². The summed E-state index contributed by atoms with van der Waals surface area (Å²) in [6, 6.07) is 27.8. The summed E-state index contributed by atoms with van der Waals surface area (Å²) < 4.78 is 19.8. The number of nitrogens with zero attached hydrogens (tertiary/aromatic N) is 3. The molecule has 0 spiro atoms. The minimum atomic E-state index is -0.577. The minimum Gasteiger partial charge on any atom is -0.374 e. The zero-order valence-electron chi connectivity index (χ0n) is 26.9. The lowest BCUT2D eigenvalue weighted by Gasteiger charge is -2.43. The molecular formula is C38H45FN4O3. The van der Waals surface area contributed by atoms with E-state index in [4.69, 9.17) is 15.5 Å². The molecule has 46 heavy (non-hydrogen) atoms. The highest BCUT2D eigenvalue weighted by Gasteiger charge is 2.40. The molecule has 3 aromatic carbocycles. The van der Waals surface area contributed by atoms with Gasteiger partial charge in [-0.05, 0) is 81.6 Å². The number of carbonyl (C=O) groups is 2. The Morgan fingerprint density at radius 1 is 1.02 bits per heavy atom. The van der Waals surface area contributed by atoms with E-state index in [-0.39, 0.29) is 23.6 Å². The van der Waals surface area contributed by atoms with Crippen LogP contribution in [-0.2, 0) is 19.7 Å². The molecule has 242 valence electrons. The fourth-order valence-electron chi connectivity index (χ4n) is 7.28. The third-order valence-electron chi connectivity index (χ3n) is 9.53. The van der Waals surface area contributed by atoms with Crippen LogP contribution in [0.15, 0.2) is 101 Å². The second-order valence-electron chi connectivity index (χ2n) is 12.4. The maximum Gasteiger partial charge on any atom is 0.213 e. The number of piperidine rings is 1. The van der Waals surface area contributed by atoms with Gasteiger partial charge in [-0.3, -0.25) is 14.6 Å². The molecule has 5 rings (SSSR count). The Morgan fingerprint density at radius 3 is 2.17 bits per heavy atom. The van der Waals surface area contributed by atoms with Crippen molar-refractivity contribution in [1.82, 2.24) is 9.80 Å². The normalized spacial score (nSPS) is 19.9. The van der Waals surface area contributed by atoms with Crippen LogP contribution in [0, 0.1) is 11.7 Å². The predicted molar refractivity (Wildman–Crippen MR) is 180 cm³/mol. The Kier molecular flexibility index (Phi) is 11.3. The molecule has 3 aromatic rings. The van der Waals surface area contributed by atoms with Crippen LogP contribution < -0.4 is 5.73 Å². The number of Topliss-reactive ketones (excluding diaryl/α,β-unsaturated/α-hetero) is 1. The lowest BCUT2D eigenvalue weighted by molar-refractivity contribution is -0.120. The van der Waals surface area contributed by atoms with Crippen LogP contribution in [0.5, 0.6) is 0 Å². The molecule has 8 heteroatoms. The summed E-state index contributed by atoms with van der Waals surface area (Å²) in [4.78, 5) is 34.8. The fourth-order valence-corrected chi connectivity index (χ4v) is 7.28. The molecule has 0 saturated carbocycles. The average molecular weight is 625 g/mol. The molecule has 2 atom stereocenters. The van der Waals surface area contributed by atoms with Gasteiger partial charge < -0.3 is 20.3 Å². The van der Waals surface area contributed by atoms with Gasteiger partial charge in [-0.15, -0.1) is 0 Å². The molecule has 0 aliphatic carbocycles. The van der Waals surface area contributed by atoms with Gasteiger partial charge in [0.2, 0.25) is 6.41 Å². The van der Waals surface area contributed by atoms with E-state index in [1.54, 1.807) is 24.0 Å². The largest absolute Gasteiger partial charge is 0.374 e. The highest BCUT2D eigenvalue weighted by atomic mass is 19.1. The van der Waals surface area contributed by atoms with E-state index in [0.29, 0.717) is 36.8 Å². The summed E-state index contributed by atoms with van der Waals surface area (Å²) in [5, 5.41) is 0. The number of ether oxygens (including phenoxy) is 1. The molecule has 7 nitrogen and oxygen atoms in total. The van der Waals surface area contributed by atoms with Crippen LogP contribution in [-0.4, -0.2) is 73.6 Å². The van der Waals surface area contributed by atoms with Gasteiger partial charge in [0, 0.05) is 30.1 Å². The van der Waals surface area contributed by atoms with Crippen LogP contribution >= 0.6 is 0 Å². The van der Waals surface area contributed by atoms with Crippen LogP contribution in [0.1, 0.15) is 55.7 Å². The van der Waals surface area contributed by atoms with E-state index in [1.165, 1.54) is 23.3 Å². The lowest BCUT2D eigenvalue weighted by Crippen LogP contribution is -2.44. The molecule has 2 heterocycles. The maximum absolute atomic E-state index is 14.0. The van der Waals surface area contributed by atoms with Crippen molar-refractivity contribution in [3.8, 4) is 0 Å². The topological polar surface area (TPSA) is 88.2 Å². The molecule has 2 aliphatic rings. The number of benzene rings is 3. The van der Waals surface area contributed by atoms with Gasteiger partial charge in [0.15, 0.2) is 0 Å². The standard InChI is InChI=1S/C38H45FN4O3/c1-28-35(29(2)45)36(30-14-16-33(39)17-15-30)37(34(41-28)26-46-25-20-40)43(27-44)22-9-21-42-23-18-38(19-24-42,31-10-5-3-6-11-31)32-12-7-4-8-13-32/h3-8,10-17,27,35-36H,9,18-26,40H2,1-2H3. The van der Waals surface area contributed by atoms with E-state index in [1.807, 2.05) is 6.92 Å². The van der Waals surface area contributed by atoms with Gasteiger partial charge in [0.25, 0.3) is 0 Å². The monoisotopic (exact) mass is 624 g/mol. The van der Waals surface area contributed by atoms with Gasteiger partial charge in [-0.2, -0.15) is 0 Å². The molecule has 0 radical (unpaired) electrons. The van der Waals surface area contributed by atoms with Crippen LogP contribution in [0.2, 0.25) is 0 Å². The van der Waals surface area contributed by atoms with Gasteiger partial charge in [0.1, 0.15) is 11.6 Å². The first kappa shape index (κ1) is 33.4. The summed E-state index contributed by atoms with van der Waals surface area (Å²) in [6.07, 6.45) is 3.58. The smallest absolute Gasteiger partial charge is 0.213 e. The number of halogens is 1. The van der Waals surface area contributed by atoms with Gasteiger partial charge >= 0.3 is 0 Å². The quantitative estimate of drug-likeness (QED) is 0.184. The van der Waals surface area contributed by atoms with Crippen molar-refractivity contribution < 1.29 is 18.7 Å².